The van der Waals surface area contributed by atoms with E-state index in [1.54, 1.807) is 0 Å². The van der Waals surface area contributed by atoms with E-state index >= 15 is 0 Å². The van der Waals surface area contributed by atoms with Gasteiger partial charge >= 0.3 is 5.97 Å². The Morgan fingerprint density at radius 3 is 2.79 bits per heavy atom. The average Bonchev–Trinajstić information content (AvgIpc) is 2.27. The molecule has 0 bridgehead atoms. The van der Waals surface area contributed by atoms with Crippen molar-refractivity contribution in [1.29, 1.82) is 0 Å². The van der Waals surface area contributed by atoms with Crippen molar-refractivity contribution < 1.29 is 14.3 Å². The first-order valence-corrected chi connectivity index (χ1v) is 5.03. The molecule has 1 aliphatic heterocycles. The van der Waals surface area contributed by atoms with Crippen LogP contribution in [0.15, 0.2) is 0 Å². The summed E-state index contributed by atoms with van der Waals surface area (Å²) in [4.78, 5) is 11.6. The van der Waals surface area contributed by atoms with E-state index in [4.69, 9.17) is 9.47 Å². The van der Waals surface area contributed by atoms with Crippen LogP contribution >= 0.6 is 0 Å². The Balaban J connectivity index is 2.42. The van der Waals surface area contributed by atoms with Crippen molar-refractivity contribution in [2.45, 2.75) is 38.8 Å². The molecule has 0 saturated carbocycles. The molecule has 1 atom stereocenters. The van der Waals surface area contributed by atoms with Crippen LogP contribution in [0.2, 0.25) is 0 Å². The predicted molar refractivity (Wildman–Crippen MR) is 53.1 cm³/mol. The molecule has 4 heteroatoms. The quantitative estimate of drug-likeness (QED) is 0.635. The third kappa shape index (κ3) is 4.07. The van der Waals surface area contributed by atoms with Crippen LogP contribution in [-0.4, -0.2) is 37.4 Å². The molecule has 14 heavy (non-hydrogen) atoms. The Bertz CT molecular complexity index is 190. The third-order valence-corrected chi connectivity index (χ3v) is 1.88. The van der Waals surface area contributed by atoms with Crippen molar-refractivity contribution in [3.63, 3.8) is 0 Å². The molecule has 1 saturated heterocycles. The Labute approximate surface area is 85.0 Å². The zero-order valence-corrected chi connectivity index (χ0v) is 9.13. The van der Waals surface area contributed by atoms with Gasteiger partial charge in [-0.15, -0.1) is 0 Å². The monoisotopic (exact) mass is 201 g/mol. The van der Waals surface area contributed by atoms with Crippen LogP contribution in [0.3, 0.4) is 0 Å². The summed E-state index contributed by atoms with van der Waals surface area (Å²) in [6, 6.07) is -0.211. The van der Waals surface area contributed by atoms with Crippen molar-refractivity contribution in [3.8, 4) is 0 Å². The Morgan fingerprint density at radius 2 is 2.14 bits per heavy atom. The molecule has 1 N–H and O–H groups in total. The lowest BCUT2D eigenvalue weighted by atomic mass is 10.1. The number of hydrogen-bond donors (Lipinski definition) is 1. The maximum atomic E-state index is 11.6. The number of carbonyl (C=O) groups is 1. The first-order valence-electron chi connectivity index (χ1n) is 5.03. The highest BCUT2D eigenvalue weighted by molar-refractivity contribution is 5.76. The second-order valence-electron chi connectivity index (χ2n) is 4.44. The summed E-state index contributed by atoms with van der Waals surface area (Å²) in [6.07, 6.45) is 0.689. The molecule has 0 aromatic carbocycles. The minimum atomic E-state index is -0.411. The molecule has 0 radical (unpaired) electrons. The van der Waals surface area contributed by atoms with Crippen molar-refractivity contribution >= 4 is 5.97 Å². The minimum absolute atomic E-state index is 0.178. The van der Waals surface area contributed by atoms with E-state index in [1.807, 2.05) is 20.8 Å². The smallest absolute Gasteiger partial charge is 0.323 e. The molecule has 1 heterocycles. The number of ether oxygens (including phenoxy) is 2. The van der Waals surface area contributed by atoms with Gasteiger partial charge in [0.2, 0.25) is 0 Å². The fourth-order valence-corrected chi connectivity index (χ4v) is 1.28. The fourth-order valence-electron chi connectivity index (χ4n) is 1.28. The highest BCUT2D eigenvalue weighted by atomic mass is 16.6. The second-order valence-corrected chi connectivity index (χ2v) is 4.44. The molecule has 0 aliphatic carbocycles. The van der Waals surface area contributed by atoms with Crippen LogP contribution in [0.25, 0.3) is 0 Å². The number of esters is 1. The summed E-state index contributed by atoms with van der Waals surface area (Å²) in [5.41, 5.74) is -0.411. The highest BCUT2D eigenvalue weighted by Gasteiger charge is 2.25. The summed E-state index contributed by atoms with van der Waals surface area (Å²) >= 11 is 0. The summed E-state index contributed by atoms with van der Waals surface area (Å²) in [6.45, 7) is 7.62. The Hall–Kier alpha value is -0.610. The van der Waals surface area contributed by atoms with Crippen LogP contribution in [0.5, 0.6) is 0 Å². The molecule has 1 unspecified atom stereocenters. The SMILES string of the molecule is CC(C)(C)OC(=O)C1CCOCCN1. The molecular weight excluding hydrogens is 182 g/mol. The standard InChI is InChI=1S/C10H19NO3/c1-10(2,3)14-9(12)8-4-6-13-7-5-11-8/h8,11H,4-7H2,1-3H3. The Morgan fingerprint density at radius 1 is 1.43 bits per heavy atom. The van der Waals surface area contributed by atoms with Crippen LogP contribution in [0, 0.1) is 0 Å². The minimum Gasteiger partial charge on any atom is -0.459 e. The van der Waals surface area contributed by atoms with Crippen molar-refractivity contribution in [1.82, 2.24) is 5.32 Å². The number of nitrogens with one attached hydrogen (secondary N) is 1. The second kappa shape index (κ2) is 4.75. The molecule has 82 valence electrons. The van der Waals surface area contributed by atoms with E-state index in [9.17, 15) is 4.79 Å². The van der Waals surface area contributed by atoms with E-state index in [0.717, 1.165) is 0 Å². The molecule has 0 amide bonds. The Kier molecular flexibility index (Phi) is 3.89. The fraction of sp³-hybridized carbons (Fsp3) is 0.900. The topological polar surface area (TPSA) is 47.6 Å². The van der Waals surface area contributed by atoms with Gasteiger partial charge in [-0.1, -0.05) is 0 Å². The maximum absolute atomic E-state index is 11.6. The van der Waals surface area contributed by atoms with E-state index in [-0.39, 0.29) is 12.0 Å². The molecule has 1 aliphatic rings. The number of rotatable bonds is 1. The van der Waals surface area contributed by atoms with Gasteiger partial charge in [0.05, 0.1) is 6.61 Å². The predicted octanol–water partition coefficient (Wildman–Crippen LogP) is 0.707. The van der Waals surface area contributed by atoms with E-state index in [0.29, 0.717) is 26.2 Å². The largest absolute Gasteiger partial charge is 0.459 e. The van der Waals surface area contributed by atoms with Crippen molar-refractivity contribution in [2.75, 3.05) is 19.8 Å². The first kappa shape index (κ1) is 11.5. The molecule has 4 nitrogen and oxygen atoms in total. The van der Waals surface area contributed by atoms with E-state index in [2.05, 4.69) is 5.32 Å². The van der Waals surface area contributed by atoms with Crippen molar-refractivity contribution in [2.24, 2.45) is 0 Å². The van der Waals surface area contributed by atoms with Crippen LogP contribution in [0.4, 0.5) is 0 Å². The molecule has 0 spiro atoms. The lowest BCUT2D eigenvalue weighted by molar-refractivity contribution is -0.157. The van der Waals surface area contributed by atoms with Crippen molar-refractivity contribution in [3.05, 3.63) is 0 Å². The molecule has 1 rings (SSSR count). The normalized spacial score (nSPS) is 24.1. The van der Waals surface area contributed by atoms with Gasteiger partial charge in [-0.3, -0.25) is 4.79 Å². The zero-order valence-electron chi connectivity index (χ0n) is 9.13. The van der Waals surface area contributed by atoms with Crippen LogP contribution in [-0.2, 0) is 14.3 Å². The summed E-state index contributed by atoms with van der Waals surface area (Å²) < 4.78 is 10.5. The van der Waals surface area contributed by atoms with Gasteiger partial charge in [0.15, 0.2) is 0 Å². The molecule has 0 aromatic rings. The molecule has 0 aromatic heterocycles. The number of hydrogen-bond acceptors (Lipinski definition) is 4. The van der Waals surface area contributed by atoms with Gasteiger partial charge in [0.1, 0.15) is 11.6 Å². The summed E-state index contributed by atoms with van der Waals surface area (Å²) in [5, 5.41) is 3.10. The van der Waals surface area contributed by atoms with E-state index < -0.39 is 5.60 Å². The van der Waals surface area contributed by atoms with Crippen LogP contribution in [0.1, 0.15) is 27.2 Å². The first-order chi connectivity index (χ1) is 6.49. The van der Waals surface area contributed by atoms with Gasteiger partial charge in [-0.2, -0.15) is 0 Å². The van der Waals surface area contributed by atoms with Gasteiger partial charge in [-0.05, 0) is 27.2 Å². The van der Waals surface area contributed by atoms with Gasteiger partial charge < -0.3 is 14.8 Å². The number of carbonyl (C=O) groups excluding carboxylic acids is 1. The lowest BCUT2D eigenvalue weighted by Crippen LogP contribution is -2.41. The third-order valence-electron chi connectivity index (χ3n) is 1.88. The van der Waals surface area contributed by atoms with Gasteiger partial charge in [0, 0.05) is 13.2 Å². The molecule has 1 fully saturated rings. The highest BCUT2D eigenvalue weighted by Crippen LogP contribution is 2.10. The maximum Gasteiger partial charge on any atom is 0.323 e. The zero-order chi connectivity index (χ0) is 10.6. The average molecular weight is 201 g/mol. The van der Waals surface area contributed by atoms with Crippen LogP contribution < -0.4 is 5.32 Å². The summed E-state index contributed by atoms with van der Waals surface area (Å²) in [7, 11) is 0. The summed E-state index contributed by atoms with van der Waals surface area (Å²) in [5.74, 6) is -0.178. The molecular formula is C10H19NO3. The van der Waals surface area contributed by atoms with Gasteiger partial charge in [-0.25, -0.2) is 0 Å². The van der Waals surface area contributed by atoms with Gasteiger partial charge in [0.25, 0.3) is 0 Å². The van der Waals surface area contributed by atoms with E-state index in [1.165, 1.54) is 0 Å². The lowest BCUT2D eigenvalue weighted by Gasteiger charge is -2.23.